The fraction of sp³-hybridized carbons (Fsp3) is 0.778. The van der Waals surface area contributed by atoms with Crippen molar-refractivity contribution in [3.8, 4) is 0 Å². The summed E-state index contributed by atoms with van der Waals surface area (Å²) in [5.41, 5.74) is -0.234. The van der Waals surface area contributed by atoms with E-state index in [0.29, 0.717) is 11.3 Å². The van der Waals surface area contributed by atoms with Crippen LogP contribution in [0.3, 0.4) is 0 Å². The van der Waals surface area contributed by atoms with Crippen molar-refractivity contribution < 1.29 is 13.2 Å². The number of rotatable bonds is 4. The number of aromatic nitrogens is 2. The van der Waals surface area contributed by atoms with Crippen LogP contribution in [-0.2, 0) is 6.18 Å². The molecule has 0 amide bonds. The molecule has 0 aromatic carbocycles. The van der Waals surface area contributed by atoms with E-state index in [0.717, 1.165) is 12.8 Å². The lowest BCUT2D eigenvalue weighted by atomic mass is 9.96. The normalized spacial score (nSPS) is 12.9. The highest BCUT2D eigenvalue weighted by Crippen LogP contribution is 2.34. The lowest BCUT2D eigenvalue weighted by Gasteiger charge is -2.27. The number of nitrogens with one attached hydrogen (secondary N) is 1. The Morgan fingerprint density at radius 1 is 1.19 bits per heavy atom. The summed E-state index contributed by atoms with van der Waals surface area (Å²) in [7, 11) is 0. The monoisotopic (exact) mass is 253 g/mol. The van der Waals surface area contributed by atoms with Gasteiger partial charge in [-0.2, -0.15) is 13.2 Å². The molecule has 0 aliphatic heterocycles. The molecule has 1 N–H and O–H groups in total. The highest BCUT2D eigenvalue weighted by molar-refractivity contribution is 7.15. The van der Waals surface area contributed by atoms with E-state index in [1.54, 1.807) is 0 Å². The largest absolute Gasteiger partial charge is 0.445 e. The topological polar surface area (TPSA) is 37.8 Å². The molecule has 0 fully saturated rings. The highest BCUT2D eigenvalue weighted by atomic mass is 32.1. The van der Waals surface area contributed by atoms with Crippen LogP contribution in [0.1, 0.15) is 38.6 Å². The van der Waals surface area contributed by atoms with Crippen molar-refractivity contribution in [1.82, 2.24) is 10.2 Å². The average Bonchev–Trinajstić information content (AvgIpc) is 2.65. The minimum Gasteiger partial charge on any atom is -0.355 e. The maximum atomic E-state index is 12.3. The third-order valence-electron chi connectivity index (χ3n) is 2.64. The molecule has 0 saturated carbocycles. The minimum absolute atomic E-state index is 0.221. The maximum Gasteiger partial charge on any atom is 0.445 e. The molecule has 0 unspecified atom stereocenters. The van der Waals surface area contributed by atoms with Crippen molar-refractivity contribution in [3.63, 3.8) is 0 Å². The second-order valence-corrected chi connectivity index (χ2v) is 4.78. The molecule has 0 aliphatic rings. The second kappa shape index (κ2) is 4.57. The second-order valence-electron chi connectivity index (χ2n) is 3.80. The van der Waals surface area contributed by atoms with Crippen LogP contribution < -0.4 is 5.32 Å². The van der Waals surface area contributed by atoms with E-state index in [4.69, 9.17) is 0 Å². The van der Waals surface area contributed by atoms with Crippen molar-refractivity contribution in [2.24, 2.45) is 0 Å². The van der Waals surface area contributed by atoms with E-state index in [1.165, 1.54) is 0 Å². The van der Waals surface area contributed by atoms with Crippen LogP contribution in [-0.4, -0.2) is 15.7 Å². The molecule has 3 nitrogen and oxygen atoms in total. The Morgan fingerprint density at radius 3 is 2.12 bits per heavy atom. The smallest absolute Gasteiger partial charge is 0.355 e. The molecular formula is C9H14F3N3S. The van der Waals surface area contributed by atoms with Crippen molar-refractivity contribution in [3.05, 3.63) is 5.01 Å². The fourth-order valence-corrected chi connectivity index (χ4v) is 1.83. The first-order valence-electron chi connectivity index (χ1n) is 4.99. The summed E-state index contributed by atoms with van der Waals surface area (Å²) in [6.07, 6.45) is -2.79. The molecule has 7 heteroatoms. The molecule has 0 radical (unpaired) electrons. The molecule has 1 aromatic heterocycles. The average molecular weight is 253 g/mol. The van der Waals surface area contributed by atoms with E-state index in [2.05, 4.69) is 15.5 Å². The number of hydrogen-bond acceptors (Lipinski definition) is 4. The van der Waals surface area contributed by atoms with Gasteiger partial charge in [0.15, 0.2) is 0 Å². The zero-order valence-electron chi connectivity index (χ0n) is 9.35. The van der Waals surface area contributed by atoms with Crippen molar-refractivity contribution in [2.75, 3.05) is 5.32 Å². The van der Waals surface area contributed by atoms with Gasteiger partial charge in [-0.3, -0.25) is 0 Å². The van der Waals surface area contributed by atoms with Gasteiger partial charge < -0.3 is 5.32 Å². The predicted octanol–water partition coefficient (Wildman–Crippen LogP) is 3.55. The summed E-state index contributed by atoms with van der Waals surface area (Å²) in [5, 5.41) is 8.92. The summed E-state index contributed by atoms with van der Waals surface area (Å²) in [5.74, 6) is 0. The van der Waals surface area contributed by atoms with Gasteiger partial charge >= 0.3 is 6.18 Å². The molecule has 0 atom stereocenters. The number of hydrogen-bond donors (Lipinski definition) is 1. The van der Waals surface area contributed by atoms with Crippen molar-refractivity contribution in [2.45, 2.75) is 45.3 Å². The van der Waals surface area contributed by atoms with E-state index >= 15 is 0 Å². The standard InChI is InChI=1S/C9H14F3N3S/c1-4-8(3,5-2)13-7-15-14-6(16-7)9(10,11)12/h4-5H2,1-3H3,(H,13,15). The molecule has 0 bridgehead atoms. The van der Waals surface area contributed by atoms with Crippen LogP contribution in [0.15, 0.2) is 0 Å². The Balaban J connectivity index is 2.80. The molecule has 0 saturated heterocycles. The summed E-state index contributed by atoms with van der Waals surface area (Å²) >= 11 is 0.539. The molecule has 16 heavy (non-hydrogen) atoms. The fourth-order valence-electron chi connectivity index (χ4n) is 1.07. The first-order valence-corrected chi connectivity index (χ1v) is 5.81. The van der Waals surface area contributed by atoms with E-state index in [9.17, 15) is 13.2 Å². The Hall–Kier alpha value is -0.850. The Labute approximate surface area is 96.1 Å². The van der Waals surface area contributed by atoms with Gasteiger partial charge in [0.2, 0.25) is 10.1 Å². The lowest BCUT2D eigenvalue weighted by molar-refractivity contribution is -0.138. The van der Waals surface area contributed by atoms with Gasteiger partial charge in [-0.1, -0.05) is 25.2 Å². The van der Waals surface area contributed by atoms with E-state index in [-0.39, 0.29) is 10.7 Å². The van der Waals surface area contributed by atoms with Gasteiger partial charge in [0.25, 0.3) is 0 Å². The minimum atomic E-state index is -4.41. The molecule has 1 rings (SSSR count). The highest BCUT2D eigenvalue weighted by Gasteiger charge is 2.36. The molecular weight excluding hydrogens is 239 g/mol. The Bertz CT molecular complexity index is 344. The van der Waals surface area contributed by atoms with Gasteiger partial charge in [0.05, 0.1) is 0 Å². The van der Waals surface area contributed by atoms with Crippen LogP contribution in [0.2, 0.25) is 0 Å². The quantitative estimate of drug-likeness (QED) is 0.891. The van der Waals surface area contributed by atoms with Gasteiger partial charge in [-0.15, -0.1) is 10.2 Å². The zero-order chi connectivity index (χ0) is 12.4. The van der Waals surface area contributed by atoms with Gasteiger partial charge in [0.1, 0.15) is 0 Å². The lowest BCUT2D eigenvalue weighted by Crippen LogP contribution is -2.32. The van der Waals surface area contributed by atoms with Gasteiger partial charge in [-0.25, -0.2) is 0 Å². The van der Waals surface area contributed by atoms with E-state index < -0.39 is 11.2 Å². The van der Waals surface area contributed by atoms with Crippen LogP contribution in [0.5, 0.6) is 0 Å². The van der Waals surface area contributed by atoms with Gasteiger partial charge in [-0.05, 0) is 19.8 Å². The number of anilines is 1. The van der Waals surface area contributed by atoms with Crippen LogP contribution >= 0.6 is 11.3 Å². The SMILES string of the molecule is CCC(C)(CC)Nc1nnc(C(F)(F)F)s1. The van der Waals surface area contributed by atoms with Crippen LogP contribution in [0.25, 0.3) is 0 Å². The first kappa shape index (κ1) is 13.2. The molecule has 0 aliphatic carbocycles. The summed E-state index contributed by atoms with van der Waals surface area (Å²) in [6.45, 7) is 5.89. The van der Waals surface area contributed by atoms with Gasteiger partial charge in [0, 0.05) is 5.54 Å². The molecule has 92 valence electrons. The van der Waals surface area contributed by atoms with E-state index in [1.807, 2.05) is 20.8 Å². The van der Waals surface area contributed by atoms with Crippen molar-refractivity contribution >= 4 is 16.5 Å². The van der Waals surface area contributed by atoms with Crippen LogP contribution in [0, 0.1) is 0 Å². The Kier molecular flexibility index (Phi) is 3.77. The summed E-state index contributed by atoms with van der Waals surface area (Å²) in [4.78, 5) is 0. The van der Waals surface area contributed by atoms with Crippen molar-refractivity contribution in [1.29, 1.82) is 0 Å². The zero-order valence-corrected chi connectivity index (χ0v) is 10.2. The first-order chi connectivity index (χ1) is 7.30. The predicted molar refractivity (Wildman–Crippen MR) is 57.5 cm³/mol. The summed E-state index contributed by atoms with van der Waals surface area (Å²) < 4.78 is 36.8. The number of nitrogens with zero attached hydrogens (tertiary/aromatic N) is 2. The Morgan fingerprint density at radius 2 is 1.75 bits per heavy atom. The molecule has 0 spiro atoms. The molecule has 1 heterocycles. The number of halogens is 3. The third-order valence-corrected chi connectivity index (χ3v) is 3.52. The molecule has 1 aromatic rings. The third kappa shape index (κ3) is 3.07. The van der Waals surface area contributed by atoms with Crippen LogP contribution in [0.4, 0.5) is 18.3 Å². The number of alkyl halides is 3. The maximum absolute atomic E-state index is 12.3. The summed E-state index contributed by atoms with van der Waals surface area (Å²) in [6, 6.07) is 0.